The number of nitrogens with two attached hydrogens (primary N) is 1. The standard InChI is InChI=1S/C19H24N4O2/c1-5-12(4)25-19(24)15-16-18(23(17(15)20)10-11(2)3)22-14-9-7-6-8-13(14)21-16/h6-9,11-12H,5,10,20H2,1-4H3. The van der Waals surface area contributed by atoms with E-state index in [9.17, 15) is 4.79 Å². The minimum absolute atomic E-state index is 0.177. The van der Waals surface area contributed by atoms with E-state index in [1.807, 2.05) is 42.7 Å². The van der Waals surface area contributed by atoms with Gasteiger partial charge in [-0.25, -0.2) is 14.8 Å². The van der Waals surface area contributed by atoms with Crippen molar-refractivity contribution >= 4 is 34.0 Å². The number of rotatable bonds is 5. The normalized spacial score (nSPS) is 12.8. The molecule has 25 heavy (non-hydrogen) atoms. The Hall–Kier alpha value is -2.63. The van der Waals surface area contributed by atoms with Crippen molar-refractivity contribution in [2.45, 2.75) is 46.8 Å². The van der Waals surface area contributed by atoms with Crippen LogP contribution in [-0.2, 0) is 11.3 Å². The topological polar surface area (TPSA) is 83.0 Å². The van der Waals surface area contributed by atoms with Gasteiger partial charge in [-0.3, -0.25) is 0 Å². The molecule has 0 spiro atoms. The second kappa shape index (κ2) is 6.70. The molecule has 0 saturated heterocycles. The molecule has 2 N–H and O–H groups in total. The number of para-hydroxylation sites is 2. The molecule has 6 nitrogen and oxygen atoms in total. The second-order valence-corrected chi connectivity index (χ2v) is 6.77. The van der Waals surface area contributed by atoms with Gasteiger partial charge in [0, 0.05) is 6.54 Å². The number of esters is 1. The first kappa shape index (κ1) is 17.2. The highest BCUT2D eigenvalue weighted by Crippen LogP contribution is 2.29. The smallest absolute Gasteiger partial charge is 0.344 e. The zero-order valence-corrected chi connectivity index (χ0v) is 15.1. The lowest BCUT2D eigenvalue weighted by Crippen LogP contribution is -2.16. The van der Waals surface area contributed by atoms with Crippen molar-refractivity contribution in [3.63, 3.8) is 0 Å². The number of nitrogen functional groups attached to an aromatic ring is 1. The first-order valence-corrected chi connectivity index (χ1v) is 8.67. The number of aromatic nitrogens is 3. The number of fused-ring (bicyclic) bond motifs is 2. The van der Waals surface area contributed by atoms with Gasteiger partial charge in [0.05, 0.1) is 17.1 Å². The fourth-order valence-electron chi connectivity index (χ4n) is 2.79. The Morgan fingerprint density at radius 2 is 1.84 bits per heavy atom. The molecule has 132 valence electrons. The highest BCUT2D eigenvalue weighted by Gasteiger charge is 2.26. The largest absolute Gasteiger partial charge is 0.459 e. The Kier molecular flexibility index (Phi) is 4.61. The van der Waals surface area contributed by atoms with Crippen molar-refractivity contribution in [2.24, 2.45) is 5.92 Å². The van der Waals surface area contributed by atoms with E-state index < -0.39 is 5.97 Å². The molecule has 0 saturated carbocycles. The predicted molar refractivity (Wildman–Crippen MR) is 99.5 cm³/mol. The summed E-state index contributed by atoms with van der Waals surface area (Å²) in [5.41, 5.74) is 9.28. The lowest BCUT2D eigenvalue weighted by atomic mass is 10.2. The van der Waals surface area contributed by atoms with E-state index in [-0.39, 0.29) is 6.10 Å². The molecule has 0 amide bonds. The lowest BCUT2D eigenvalue weighted by Gasteiger charge is -2.12. The molecule has 3 aromatic rings. The van der Waals surface area contributed by atoms with Crippen LogP contribution in [-0.4, -0.2) is 26.6 Å². The van der Waals surface area contributed by atoms with Gasteiger partial charge in [0.2, 0.25) is 0 Å². The molecule has 0 aliphatic rings. The average molecular weight is 340 g/mol. The van der Waals surface area contributed by atoms with E-state index >= 15 is 0 Å². The van der Waals surface area contributed by atoms with Gasteiger partial charge in [0.1, 0.15) is 16.9 Å². The van der Waals surface area contributed by atoms with E-state index in [1.165, 1.54) is 0 Å². The quantitative estimate of drug-likeness (QED) is 0.715. The summed E-state index contributed by atoms with van der Waals surface area (Å²) < 4.78 is 7.37. The highest BCUT2D eigenvalue weighted by atomic mass is 16.5. The number of benzene rings is 1. The number of ether oxygens (including phenoxy) is 1. The monoisotopic (exact) mass is 340 g/mol. The molecule has 0 aliphatic heterocycles. The Bertz CT molecular complexity index is 930. The van der Waals surface area contributed by atoms with Crippen molar-refractivity contribution < 1.29 is 9.53 Å². The molecule has 2 aromatic heterocycles. The summed E-state index contributed by atoms with van der Waals surface area (Å²) in [4.78, 5) is 22.1. The van der Waals surface area contributed by atoms with Crippen LogP contribution < -0.4 is 5.73 Å². The molecule has 1 unspecified atom stereocenters. The Balaban J connectivity index is 2.25. The Morgan fingerprint density at radius 3 is 2.44 bits per heavy atom. The molecule has 1 aromatic carbocycles. The van der Waals surface area contributed by atoms with Crippen molar-refractivity contribution in [3.05, 3.63) is 29.8 Å². The Labute approximate surface area is 147 Å². The summed E-state index contributed by atoms with van der Waals surface area (Å²) in [5.74, 6) is 0.279. The van der Waals surface area contributed by atoms with Gasteiger partial charge in [-0.2, -0.15) is 0 Å². The molecule has 0 radical (unpaired) electrons. The third-order valence-electron chi connectivity index (χ3n) is 4.23. The van der Waals surface area contributed by atoms with Gasteiger partial charge in [-0.1, -0.05) is 32.9 Å². The summed E-state index contributed by atoms with van der Waals surface area (Å²) in [6.07, 6.45) is 0.564. The molecule has 0 fully saturated rings. The molecule has 6 heteroatoms. The second-order valence-electron chi connectivity index (χ2n) is 6.77. The average Bonchev–Trinajstić information content (AvgIpc) is 2.83. The van der Waals surface area contributed by atoms with Crippen molar-refractivity contribution in [3.8, 4) is 0 Å². The van der Waals surface area contributed by atoms with Crippen LogP contribution in [0.5, 0.6) is 0 Å². The van der Waals surface area contributed by atoms with Gasteiger partial charge in [0.25, 0.3) is 0 Å². The van der Waals surface area contributed by atoms with Crippen molar-refractivity contribution in [2.75, 3.05) is 5.73 Å². The van der Waals surface area contributed by atoms with Gasteiger partial charge in [0.15, 0.2) is 5.65 Å². The van der Waals surface area contributed by atoms with Crippen LogP contribution in [0.25, 0.3) is 22.2 Å². The molecule has 0 bridgehead atoms. The van der Waals surface area contributed by atoms with Gasteiger partial charge in [-0.05, 0) is 31.4 Å². The van der Waals surface area contributed by atoms with E-state index in [0.717, 1.165) is 17.5 Å². The van der Waals surface area contributed by atoms with E-state index in [2.05, 4.69) is 18.8 Å². The number of nitrogens with zero attached hydrogens (tertiary/aromatic N) is 3. The fraction of sp³-hybridized carbons (Fsp3) is 0.421. The summed E-state index contributed by atoms with van der Waals surface area (Å²) in [5, 5.41) is 0. The molecule has 2 heterocycles. The maximum absolute atomic E-state index is 12.7. The van der Waals surface area contributed by atoms with Gasteiger partial charge < -0.3 is 15.0 Å². The van der Waals surface area contributed by atoms with E-state index in [4.69, 9.17) is 15.5 Å². The van der Waals surface area contributed by atoms with E-state index in [0.29, 0.717) is 35.0 Å². The van der Waals surface area contributed by atoms with Crippen LogP contribution in [0.4, 0.5) is 5.82 Å². The number of anilines is 1. The summed E-state index contributed by atoms with van der Waals surface area (Å²) >= 11 is 0. The first-order chi connectivity index (χ1) is 11.9. The van der Waals surface area contributed by atoms with Gasteiger partial charge >= 0.3 is 5.97 Å². The number of carbonyl (C=O) groups excluding carboxylic acids is 1. The first-order valence-electron chi connectivity index (χ1n) is 8.67. The number of hydrogen-bond donors (Lipinski definition) is 1. The molecular formula is C19H24N4O2. The van der Waals surface area contributed by atoms with Crippen molar-refractivity contribution in [1.29, 1.82) is 0 Å². The van der Waals surface area contributed by atoms with Crippen LogP contribution in [0.15, 0.2) is 24.3 Å². The Morgan fingerprint density at radius 1 is 1.20 bits per heavy atom. The molecule has 3 rings (SSSR count). The van der Waals surface area contributed by atoms with Crippen LogP contribution >= 0.6 is 0 Å². The number of carbonyl (C=O) groups is 1. The van der Waals surface area contributed by atoms with Crippen LogP contribution in [0.3, 0.4) is 0 Å². The van der Waals surface area contributed by atoms with E-state index in [1.54, 1.807) is 0 Å². The van der Waals surface area contributed by atoms with Gasteiger partial charge in [-0.15, -0.1) is 0 Å². The molecule has 1 atom stereocenters. The summed E-state index contributed by atoms with van der Waals surface area (Å²) in [6.45, 7) is 8.68. The van der Waals surface area contributed by atoms with Crippen LogP contribution in [0, 0.1) is 5.92 Å². The fourth-order valence-corrected chi connectivity index (χ4v) is 2.79. The molecular weight excluding hydrogens is 316 g/mol. The SMILES string of the molecule is CCC(C)OC(=O)c1c(N)n(CC(C)C)c2nc3ccccc3nc12. The minimum Gasteiger partial charge on any atom is -0.459 e. The van der Waals surface area contributed by atoms with Crippen LogP contribution in [0.2, 0.25) is 0 Å². The lowest BCUT2D eigenvalue weighted by molar-refractivity contribution is 0.0337. The maximum atomic E-state index is 12.7. The summed E-state index contributed by atoms with van der Waals surface area (Å²) in [6, 6.07) is 7.60. The predicted octanol–water partition coefficient (Wildman–Crippen LogP) is 3.78. The third kappa shape index (κ3) is 3.16. The maximum Gasteiger partial charge on any atom is 0.344 e. The number of hydrogen-bond acceptors (Lipinski definition) is 5. The minimum atomic E-state index is -0.441. The molecule has 0 aliphatic carbocycles. The summed E-state index contributed by atoms with van der Waals surface area (Å²) in [7, 11) is 0. The third-order valence-corrected chi connectivity index (χ3v) is 4.23. The highest BCUT2D eigenvalue weighted by molar-refractivity contribution is 6.08. The van der Waals surface area contributed by atoms with Crippen molar-refractivity contribution in [1.82, 2.24) is 14.5 Å². The zero-order valence-electron chi connectivity index (χ0n) is 15.1. The van der Waals surface area contributed by atoms with Crippen LogP contribution in [0.1, 0.15) is 44.5 Å². The zero-order chi connectivity index (χ0) is 18.1.